The molecule has 18 heavy (non-hydrogen) atoms. The molecule has 0 saturated heterocycles. The van der Waals surface area contributed by atoms with Gasteiger partial charge in [-0.15, -0.1) is 0 Å². The number of benzene rings is 1. The average molecular weight is 271 g/mol. The molecule has 0 atom stereocenters. The lowest BCUT2D eigenvalue weighted by Crippen LogP contribution is -2.24. The van der Waals surface area contributed by atoms with Gasteiger partial charge in [0.15, 0.2) is 5.78 Å². The molecule has 1 N–H and O–H groups in total. The second-order valence-corrected chi connectivity index (χ2v) is 6.57. The Balaban J connectivity index is 2.85. The Bertz CT molecular complexity index is 551. The first-order chi connectivity index (χ1) is 8.20. The maximum absolute atomic E-state index is 11.2. The Hall–Kier alpha value is -1.56. The maximum Gasteiger partial charge on any atom is 0.163 e. The molecule has 0 saturated carbocycles. The largest absolute Gasteiger partial charge is 0.507 e. The number of anilines is 1. The summed E-state index contributed by atoms with van der Waals surface area (Å²) < 4.78 is 22.1. The molecule has 1 rings (SSSR count). The third-order valence-corrected chi connectivity index (χ3v) is 3.52. The zero-order valence-electron chi connectivity index (χ0n) is 10.7. The smallest absolute Gasteiger partial charge is 0.163 e. The van der Waals surface area contributed by atoms with Crippen molar-refractivity contribution in [3.63, 3.8) is 0 Å². The molecular formula is C12H17NO4S. The molecule has 1 aromatic rings. The van der Waals surface area contributed by atoms with Crippen LogP contribution < -0.4 is 4.90 Å². The van der Waals surface area contributed by atoms with Gasteiger partial charge in [-0.2, -0.15) is 0 Å². The van der Waals surface area contributed by atoms with E-state index >= 15 is 0 Å². The van der Waals surface area contributed by atoms with Gasteiger partial charge in [-0.05, 0) is 19.1 Å². The lowest BCUT2D eigenvalue weighted by atomic mass is 10.1. The van der Waals surface area contributed by atoms with E-state index in [0.717, 1.165) is 0 Å². The Morgan fingerprint density at radius 1 is 1.39 bits per heavy atom. The van der Waals surface area contributed by atoms with Crippen LogP contribution >= 0.6 is 0 Å². The SMILES string of the molecule is CC(=O)c1ccc(N(C)CCS(C)(=O)=O)cc1O. The van der Waals surface area contributed by atoms with Crippen molar-refractivity contribution in [2.75, 3.05) is 30.5 Å². The van der Waals surface area contributed by atoms with Gasteiger partial charge >= 0.3 is 0 Å². The summed E-state index contributed by atoms with van der Waals surface area (Å²) in [5.41, 5.74) is 0.927. The predicted molar refractivity (Wildman–Crippen MR) is 71.1 cm³/mol. The predicted octanol–water partition coefficient (Wildman–Crippen LogP) is 1.08. The molecule has 0 radical (unpaired) electrons. The third kappa shape index (κ3) is 4.03. The van der Waals surface area contributed by atoms with Crippen LogP contribution in [0.5, 0.6) is 5.75 Å². The topological polar surface area (TPSA) is 74.7 Å². The fraction of sp³-hybridized carbons (Fsp3) is 0.417. The van der Waals surface area contributed by atoms with E-state index in [0.29, 0.717) is 12.2 Å². The summed E-state index contributed by atoms with van der Waals surface area (Å²) in [5, 5.41) is 9.67. The van der Waals surface area contributed by atoms with Crippen LogP contribution in [0.15, 0.2) is 18.2 Å². The Labute approximate surface area is 107 Å². The van der Waals surface area contributed by atoms with Crippen LogP contribution in [0.2, 0.25) is 0 Å². The van der Waals surface area contributed by atoms with Gasteiger partial charge < -0.3 is 10.0 Å². The lowest BCUT2D eigenvalue weighted by Gasteiger charge is -2.19. The van der Waals surface area contributed by atoms with E-state index in [1.54, 1.807) is 18.0 Å². The summed E-state index contributed by atoms with van der Waals surface area (Å²) in [7, 11) is -1.29. The zero-order chi connectivity index (χ0) is 13.9. The fourth-order valence-corrected chi connectivity index (χ4v) is 2.09. The standard InChI is InChI=1S/C12H17NO4S/c1-9(14)11-5-4-10(8-12(11)15)13(2)6-7-18(3,16)17/h4-5,8,15H,6-7H2,1-3H3. The number of aromatic hydroxyl groups is 1. The summed E-state index contributed by atoms with van der Waals surface area (Å²) in [6.07, 6.45) is 1.18. The summed E-state index contributed by atoms with van der Waals surface area (Å²) >= 11 is 0. The van der Waals surface area contributed by atoms with E-state index in [2.05, 4.69) is 0 Å². The fourth-order valence-electron chi connectivity index (χ4n) is 1.49. The third-order valence-electron chi connectivity index (χ3n) is 2.60. The monoisotopic (exact) mass is 271 g/mol. The van der Waals surface area contributed by atoms with Crippen LogP contribution in [-0.2, 0) is 9.84 Å². The van der Waals surface area contributed by atoms with E-state index < -0.39 is 9.84 Å². The van der Waals surface area contributed by atoms with Crippen molar-refractivity contribution >= 4 is 21.3 Å². The molecule has 0 aliphatic heterocycles. The van der Waals surface area contributed by atoms with Crippen molar-refractivity contribution in [2.24, 2.45) is 0 Å². The number of phenolic OH excluding ortho intramolecular Hbond substituents is 1. The number of hydrogen-bond donors (Lipinski definition) is 1. The molecule has 0 aliphatic carbocycles. The second kappa shape index (κ2) is 5.39. The van der Waals surface area contributed by atoms with E-state index in [9.17, 15) is 18.3 Å². The molecule has 0 bridgehead atoms. The van der Waals surface area contributed by atoms with Crippen LogP contribution in [0.4, 0.5) is 5.69 Å². The molecule has 100 valence electrons. The van der Waals surface area contributed by atoms with Crippen LogP contribution in [0, 0.1) is 0 Å². The van der Waals surface area contributed by atoms with Gasteiger partial charge in [0.2, 0.25) is 0 Å². The zero-order valence-corrected chi connectivity index (χ0v) is 11.5. The first-order valence-electron chi connectivity index (χ1n) is 5.43. The van der Waals surface area contributed by atoms with E-state index in [1.165, 1.54) is 25.3 Å². The van der Waals surface area contributed by atoms with E-state index in [-0.39, 0.29) is 22.8 Å². The summed E-state index contributed by atoms with van der Waals surface area (Å²) in [4.78, 5) is 12.9. The Morgan fingerprint density at radius 2 is 2.00 bits per heavy atom. The van der Waals surface area contributed by atoms with Gasteiger partial charge in [0.1, 0.15) is 15.6 Å². The van der Waals surface area contributed by atoms with Gasteiger partial charge in [-0.25, -0.2) is 8.42 Å². The number of phenols is 1. The molecule has 1 aromatic carbocycles. The molecule has 0 spiro atoms. The van der Waals surface area contributed by atoms with E-state index in [4.69, 9.17) is 0 Å². The minimum absolute atomic E-state index is 0.0404. The number of nitrogens with zero attached hydrogens (tertiary/aromatic N) is 1. The summed E-state index contributed by atoms with van der Waals surface area (Å²) in [6.45, 7) is 1.71. The van der Waals surface area contributed by atoms with Gasteiger partial charge in [0, 0.05) is 31.6 Å². The minimum atomic E-state index is -3.02. The molecule has 0 unspecified atom stereocenters. The van der Waals surface area contributed by atoms with Gasteiger partial charge in [0.05, 0.1) is 11.3 Å². The van der Waals surface area contributed by atoms with E-state index in [1.807, 2.05) is 0 Å². The van der Waals surface area contributed by atoms with Gasteiger partial charge in [-0.3, -0.25) is 4.79 Å². The minimum Gasteiger partial charge on any atom is -0.507 e. The molecule has 5 nitrogen and oxygen atoms in total. The number of Topliss-reactive ketones (excluding diaryl/α,β-unsaturated/α-hetero) is 1. The van der Waals surface area contributed by atoms with Crippen LogP contribution in [0.1, 0.15) is 17.3 Å². The second-order valence-electron chi connectivity index (χ2n) is 4.31. The van der Waals surface area contributed by atoms with Crippen molar-refractivity contribution in [3.8, 4) is 5.75 Å². The molecule has 6 heteroatoms. The normalized spacial score (nSPS) is 11.3. The van der Waals surface area contributed by atoms with Crippen molar-refractivity contribution < 1.29 is 18.3 Å². The van der Waals surface area contributed by atoms with Crippen molar-refractivity contribution in [2.45, 2.75) is 6.92 Å². The molecule has 0 aliphatic rings. The average Bonchev–Trinajstić information content (AvgIpc) is 2.24. The van der Waals surface area contributed by atoms with Crippen LogP contribution in [0.25, 0.3) is 0 Å². The highest BCUT2D eigenvalue weighted by Gasteiger charge is 2.10. The Morgan fingerprint density at radius 3 is 2.44 bits per heavy atom. The first-order valence-corrected chi connectivity index (χ1v) is 7.49. The van der Waals surface area contributed by atoms with Crippen molar-refractivity contribution in [3.05, 3.63) is 23.8 Å². The number of rotatable bonds is 5. The lowest BCUT2D eigenvalue weighted by molar-refractivity contribution is 0.101. The first kappa shape index (κ1) is 14.5. The van der Waals surface area contributed by atoms with Crippen LogP contribution in [0.3, 0.4) is 0 Å². The number of carbonyl (C=O) groups is 1. The maximum atomic E-state index is 11.2. The summed E-state index contributed by atoms with van der Waals surface area (Å²) in [5.74, 6) is -0.261. The number of ketones is 1. The molecular weight excluding hydrogens is 254 g/mol. The Kier molecular flexibility index (Phi) is 4.34. The van der Waals surface area contributed by atoms with Gasteiger partial charge in [-0.1, -0.05) is 0 Å². The molecule has 0 amide bonds. The highest BCUT2D eigenvalue weighted by molar-refractivity contribution is 7.90. The highest BCUT2D eigenvalue weighted by Crippen LogP contribution is 2.24. The quantitative estimate of drug-likeness (QED) is 0.811. The molecule has 0 fully saturated rings. The molecule has 0 aromatic heterocycles. The van der Waals surface area contributed by atoms with Crippen LogP contribution in [-0.4, -0.2) is 44.9 Å². The van der Waals surface area contributed by atoms with Crippen molar-refractivity contribution in [1.82, 2.24) is 0 Å². The highest BCUT2D eigenvalue weighted by atomic mass is 32.2. The number of carbonyl (C=O) groups excluding carboxylic acids is 1. The number of hydrogen-bond acceptors (Lipinski definition) is 5. The van der Waals surface area contributed by atoms with Gasteiger partial charge in [0.25, 0.3) is 0 Å². The number of sulfone groups is 1. The molecule has 0 heterocycles. The van der Waals surface area contributed by atoms with Crippen molar-refractivity contribution in [1.29, 1.82) is 0 Å². The summed E-state index contributed by atoms with van der Waals surface area (Å²) in [6, 6.07) is 4.67.